The summed E-state index contributed by atoms with van der Waals surface area (Å²) in [6.45, 7) is 10.9. The monoisotopic (exact) mass is 502 g/mol. The van der Waals surface area contributed by atoms with Crippen LogP contribution in [0.25, 0.3) is 10.9 Å². The SMILES string of the molecule is CC(C)[C@H]1C(=O)c2c(n(C(=O)OC(C)(C)C)c3ccccc23)CN1Cc1sccc1Br. The minimum absolute atomic E-state index is 0.0717. The first-order chi connectivity index (χ1) is 14.6. The van der Waals surface area contributed by atoms with Gasteiger partial charge in [0.25, 0.3) is 0 Å². The lowest BCUT2D eigenvalue weighted by Gasteiger charge is -2.37. The molecule has 31 heavy (non-hydrogen) atoms. The second-order valence-electron chi connectivity index (χ2n) is 9.30. The molecular weight excluding hydrogens is 476 g/mol. The minimum atomic E-state index is -0.629. The zero-order valence-corrected chi connectivity index (χ0v) is 20.8. The van der Waals surface area contributed by atoms with Crippen LogP contribution in [0.3, 0.4) is 0 Å². The quantitative estimate of drug-likeness (QED) is 0.411. The second-order valence-corrected chi connectivity index (χ2v) is 11.2. The highest BCUT2D eigenvalue weighted by molar-refractivity contribution is 9.10. The number of fused-ring (bicyclic) bond motifs is 3. The molecule has 0 saturated carbocycles. The molecule has 0 N–H and O–H groups in total. The van der Waals surface area contributed by atoms with E-state index in [0.717, 1.165) is 15.4 Å². The van der Waals surface area contributed by atoms with Crippen molar-refractivity contribution >= 4 is 50.0 Å². The predicted octanol–water partition coefficient (Wildman–Crippen LogP) is 6.47. The number of halogens is 1. The topological polar surface area (TPSA) is 51.5 Å². The second kappa shape index (κ2) is 8.19. The standard InChI is InChI=1S/C24H27BrN2O3S/c1-14(2)21-22(28)20-15-8-6-7-9-17(15)27(23(29)30-24(3,4)5)18(20)12-26(21)13-19-16(25)10-11-31-19/h6-11,14,21H,12-13H2,1-5H3/t21-/m0/s1. The van der Waals surface area contributed by atoms with Crippen molar-refractivity contribution in [3.8, 4) is 0 Å². The Labute approximate surface area is 195 Å². The van der Waals surface area contributed by atoms with Gasteiger partial charge in [0.15, 0.2) is 5.78 Å². The molecule has 3 aromatic rings. The number of rotatable bonds is 3. The van der Waals surface area contributed by atoms with Crippen LogP contribution in [-0.4, -0.2) is 33.0 Å². The molecule has 4 rings (SSSR count). The number of benzene rings is 1. The molecule has 3 heterocycles. The molecule has 1 atom stereocenters. The van der Waals surface area contributed by atoms with Gasteiger partial charge in [-0.3, -0.25) is 9.69 Å². The number of ketones is 1. The lowest BCUT2D eigenvalue weighted by atomic mass is 9.88. The Balaban J connectivity index is 1.87. The van der Waals surface area contributed by atoms with E-state index in [1.54, 1.807) is 15.9 Å². The third-order valence-corrected chi connectivity index (χ3v) is 7.39. The first kappa shape index (κ1) is 22.2. The Morgan fingerprint density at radius 3 is 2.58 bits per heavy atom. The summed E-state index contributed by atoms with van der Waals surface area (Å²) in [6, 6.07) is 9.39. The Morgan fingerprint density at radius 1 is 1.26 bits per heavy atom. The van der Waals surface area contributed by atoms with Gasteiger partial charge in [-0.15, -0.1) is 11.3 Å². The average molecular weight is 503 g/mol. The number of hydrogen-bond acceptors (Lipinski definition) is 5. The Bertz CT molecular complexity index is 1160. The molecule has 0 fully saturated rings. The van der Waals surface area contributed by atoms with Crippen molar-refractivity contribution in [2.75, 3.05) is 0 Å². The first-order valence-electron chi connectivity index (χ1n) is 10.4. The van der Waals surface area contributed by atoms with Gasteiger partial charge in [0.1, 0.15) is 5.60 Å². The van der Waals surface area contributed by atoms with Crippen LogP contribution in [0, 0.1) is 5.92 Å². The van der Waals surface area contributed by atoms with E-state index in [1.807, 2.05) is 56.5 Å². The summed E-state index contributed by atoms with van der Waals surface area (Å²) in [4.78, 5) is 30.4. The van der Waals surface area contributed by atoms with Crippen LogP contribution in [0.5, 0.6) is 0 Å². The van der Waals surface area contributed by atoms with E-state index in [4.69, 9.17) is 4.74 Å². The van der Waals surface area contributed by atoms with Gasteiger partial charge < -0.3 is 4.74 Å². The third-order valence-electron chi connectivity index (χ3n) is 5.48. The minimum Gasteiger partial charge on any atom is -0.443 e. The fraction of sp³-hybridized carbons (Fsp3) is 0.417. The maximum Gasteiger partial charge on any atom is 0.419 e. The molecular formula is C24H27BrN2O3S. The van der Waals surface area contributed by atoms with Gasteiger partial charge in [-0.25, -0.2) is 9.36 Å². The molecule has 7 heteroatoms. The van der Waals surface area contributed by atoms with Crippen molar-refractivity contribution in [3.05, 3.63) is 56.3 Å². The number of carbonyl (C=O) groups is 2. The highest BCUT2D eigenvalue weighted by Crippen LogP contribution is 2.37. The van der Waals surface area contributed by atoms with Gasteiger partial charge in [0.2, 0.25) is 0 Å². The summed E-state index contributed by atoms with van der Waals surface area (Å²) in [7, 11) is 0. The summed E-state index contributed by atoms with van der Waals surface area (Å²) in [5.74, 6) is 0.213. The zero-order valence-electron chi connectivity index (χ0n) is 18.4. The van der Waals surface area contributed by atoms with E-state index in [-0.39, 0.29) is 17.7 Å². The van der Waals surface area contributed by atoms with E-state index in [2.05, 4.69) is 34.7 Å². The van der Waals surface area contributed by atoms with Gasteiger partial charge in [-0.05, 0) is 60.1 Å². The molecule has 1 aliphatic heterocycles. The smallest absolute Gasteiger partial charge is 0.419 e. The van der Waals surface area contributed by atoms with Crippen LogP contribution in [-0.2, 0) is 17.8 Å². The van der Waals surface area contributed by atoms with Crippen LogP contribution in [0.4, 0.5) is 4.79 Å². The highest BCUT2D eigenvalue weighted by Gasteiger charge is 2.40. The van der Waals surface area contributed by atoms with Crippen molar-refractivity contribution in [2.45, 2.75) is 59.4 Å². The van der Waals surface area contributed by atoms with E-state index in [0.29, 0.717) is 24.3 Å². The van der Waals surface area contributed by atoms with E-state index < -0.39 is 11.7 Å². The summed E-state index contributed by atoms with van der Waals surface area (Å²) in [6.07, 6.45) is -0.446. The number of para-hydroxylation sites is 1. The van der Waals surface area contributed by atoms with Crippen LogP contribution < -0.4 is 0 Å². The number of ether oxygens (including phenoxy) is 1. The van der Waals surface area contributed by atoms with Crippen molar-refractivity contribution in [1.29, 1.82) is 0 Å². The summed E-state index contributed by atoms with van der Waals surface area (Å²) in [5.41, 5.74) is 1.46. The summed E-state index contributed by atoms with van der Waals surface area (Å²) < 4.78 is 8.36. The molecule has 0 spiro atoms. The fourth-order valence-corrected chi connectivity index (χ4v) is 5.84. The Hall–Kier alpha value is -1.96. The lowest BCUT2D eigenvalue weighted by molar-refractivity contribution is 0.0519. The largest absolute Gasteiger partial charge is 0.443 e. The summed E-state index contributed by atoms with van der Waals surface area (Å²) >= 11 is 5.28. The lowest BCUT2D eigenvalue weighted by Crippen LogP contribution is -2.48. The highest BCUT2D eigenvalue weighted by atomic mass is 79.9. The van der Waals surface area contributed by atoms with Crippen LogP contribution in [0.2, 0.25) is 0 Å². The number of hydrogen-bond donors (Lipinski definition) is 0. The molecule has 0 unspecified atom stereocenters. The van der Waals surface area contributed by atoms with Gasteiger partial charge in [0.05, 0.1) is 17.3 Å². The molecule has 0 bridgehead atoms. The molecule has 1 aliphatic rings. The van der Waals surface area contributed by atoms with Crippen molar-refractivity contribution in [3.63, 3.8) is 0 Å². The predicted molar refractivity (Wildman–Crippen MR) is 128 cm³/mol. The molecule has 0 amide bonds. The number of aromatic nitrogens is 1. The Kier molecular flexibility index (Phi) is 5.87. The molecule has 0 saturated heterocycles. The molecule has 5 nitrogen and oxygen atoms in total. The fourth-order valence-electron chi connectivity index (χ4n) is 4.34. The van der Waals surface area contributed by atoms with Crippen molar-refractivity contribution in [2.24, 2.45) is 5.92 Å². The normalized spacial score (nSPS) is 17.4. The first-order valence-corrected chi connectivity index (χ1v) is 12.1. The van der Waals surface area contributed by atoms with Crippen LogP contribution in [0.1, 0.15) is 55.5 Å². The number of Topliss-reactive ketones (excluding diaryl/α,β-unsaturated/α-hetero) is 1. The Morgan fingerprint density at radius 2 is 1.97 bits per heavy atom. The van der Waals surface area contributed by atoms with E-state index >= 15 is 0 Å². The van der Waals surface area contributed by atoms with Gasteiger partial charge in [-0.1, -0.05) is 32.0 Å². The zero-order chi connectivity index (χ0) is 22.5. The number of nitrogens with zero attached hydrogens (tertiary/aromatic N) is 2. The maximum atomic E-state index is 13.8. The van der Waals surface area contributed by atoms with E-state index in [9.17, 15) is 9.59 Å². The third kappa shape index (κ3) is 4.11. The van der Waals surface area contributed by atoms with Crippen LogP contribution in [0.15, 0.2) is 40.2 Å². The van der Waals surface area contributed by atoms with Gasteiger partial charge in [0, 0.05) is 33.4 Å². The molecule has 2 aromatic heterocycles. The molecule has 0 radical (unpaired) electrons. The molecule has 164 valence electrons. The van der Waals surface area contributed by atoms with Crippen LogP contribution >= 0.6 is 27.3 Å². The van der Waals surface area contributed by atoms with Gasteiger partial charge in [-0.2, -0.15) is 0 Å². The molecule has 0 aliphatic carbocycles. The number of carbonyl (C=O) groups excluding carboxylic acids is 2. The summed E-state index contributed by atoms with van der Waals surface area (Å²) in [5, 5.41) is 2.86. The van der Waals surface area contributed by atoms with Crippen molar-refractivity contribution in [1.82, 2.24) is 9.47 Å². The van der Waals surface area contributed by atoms with Gasteiger partial charge >= 0.3 is 6.09 Å². The number of thiophene rings is 1. The maximum absolute atomic E-state index is 13.8. The van der Waals surface area contributed by atoms with E-state index in [1.165, 1.54) is 4.88 Å². The molecule has 1 aromatic carbocycles. The van der Waals surface area contributed by atoms with Crippen molar-refractivity contribution < 1.29 is 14.3 Å². The average Bonchev–Trinajstić information content (AvgIpc) is 3.21.